The Morgan fingerprint density at radius 2 is 2.00 bits per heavy atom. The Kier molecular flexibility index (Phi) is 8.62. The predicted octanol–water partition coefficient (Wildman–Crippen LogP) is 4.91. The maximum Gasteiger partial charge on any atom is 0.407 e. The minimum atomic E-state index is -1.18. The Bertz CT molecular complexity index is 850. The van der Waals surface area contributed by atoms with E-state index in [1.807, 2.05) is 18.2 Å². The highest BCUT2D eigenvalue weighted by molar-refractivity contribution is 7.10. The second kappa shape index (κ2) is 11.2. The van der Waals surface area contributed by atoms with Crippen LogP contribution in [0.15, 0.2) is 41.8 Å². The van der Waals surface area contributed by atoms with E-state index in [4.69, 9.17) is 9.47 Å². The van der Waals surface area contributed by atoms with Crippen molar-refractivity contribution >= 4 is 31.2 Å². The highest BCUT2D eigenvalue weighted by atomic mass is 32.1. The van der Waals surface area contributed by atoms with Crippen molar-refractivity contribution in [1.29, 1.82) is 0 Å². The first kappa shape index (κ1) is 24.6. The Hall–Kier alpha value is -2.03. The molecule has 176 valence electrons. The zero-order valence-corrected chi connectivity index (χ0v) is 21.6. The second-order valence-corrected chi connectivity index (χ2v) is 16.2. The van der Waals surface area contributed by atoms with Gasteiger partial charge in [0.05, 0.1) is 6.61 Å². The highest BCUT2D eigenvalue weighted by Gasteiger charge is 2.31. The molecule has 6 nitrogen and oxygen atoms in total. The number of hydrogen-bond acceptors (Lipinski definition) is 6. The van der Waals surface area contributed by atoms with Crippen molar-refractivity contribution in [2.24, 2.45) is 0 Å². The fraction of sp³-hybridized carbons (Fsp3) is 0.542. The molecule has 0 spiro atoms. The zero-order valence-electron chi connectivity index (χ0n) is 19.8. The molecule has 1 aliphatic rings. The first-order chi connectivity index (χ1) is 15.3. The van der Waals surface area contributed by atoms with Gasteiger partial charge in [0.25, 0.3) is 0 Å². The highest BCUT2D eigenvalue weighted by Crippen LogP contribution is 2.35. The van der Waals surface area contributed by atoms with E-state index >= 15 is 0 Å². The van der Waals surface area contributed by atoms with Crippen molar-refractivity contribution in [1.82, 2.24) is 10.6 Å². The molecular weight excluding hydrogens is 438 g/mol. The van der Waals surface area contributed by atoms with Crippen LogP contribution in [0.5, 0.6) is 5.75 Å². The van der Waals surface area contributed by atoms with Crippen molar-refractivity contribution in [2.75, 3.05) is 44.2 Å². The van der Waals surface area contributed by atoms with E-state index in [1.165, 1.54) is 5.69 Å². The SMILES string of the molecule is CC(CCOC(=O)NCC[Si](C)(C)C)(Oc1cccc(N2CCNCC2)c1)c1cccs1. The topological polar surface area (TPSA) is 62.8 Å². The van der Waals surface area contributed by atoms with Gasteiger partial charge in [0, 0.05) is 63.8 Å². The van der Waals surface area contributed by atoms with E-state index in [-0.39, 0.29) is 6.09 Å². The van der Waals surface area contributed by atoms with Crippen LogP contribution in [0.2, 0.25) is 25.7 Å². The van der Waals surface area contributed by atoms with Crippen molar-refractivity contribution in [3.8, 4) is 5.75 Å². The Balaban J connectivity index is 1.61. The number of thiophene rings is 1. The molecule has 3 rings (SSSR count). The largest absolute Gasteiger partial charge is 0.482 e. The molecule has 2 N–H and O–H groups in total. The van der Waals surface area contributed by atoms with Gasteiger partial charge in [-0.2, -0.15) is 0 Å². The molecule has 2 heterocycles. The molecule has 1 aromatic heterocycles. The molecular formula is C24H37N3O3SSi. The third kappa shape index (κ3) is 7.53. The number of amides is 1. The number of piperazine rings is 1. The van der Waals surface area contributed by atoms with Crippen molar-refractivity contribution in [3.05, 3.63) is 46.7 Å². The van der Waals surface area contributed by atoms with E-state index in [9.17, 15) is 4.79 Å². The number of nitrogens with zero attached hydrogens (tertiary/aromatic N) is 1. The predicted molar refractivity (Wildman–Crippen MR) is 136 cm³/mol. The van der Waals surface area contributed by atoms with E-state index in [1.54, 1.807) is 11.3 Å². The van der Waals surface area contributed by atoms with Gasteiger partial charge in [0.2, 0.25) is 0 Å². The quantitative estimate of drug-likeness (QED) is 0.478. The Morgan fingerprint density at radius 3 is 2.69 bits per heavy atom. The molecule has 1 unspecified atom stereocenters. The van der Waals surface area contributed by atoms with E-state index in [0.29, 0.717) is 19.6 Å². The molecule has 1 amide bonds. The molecule has 1 fully saturated rings. The number of carbonyl (C=O) groups excluding carboxylic acids is 1. The molecule has 0 radical (unpaired) electrons. The number of nitrogens with one attached hydrogen (secondary N) is 2. The van der Waals surface area contributed by atoms with Crippen LogP contribution in [0, 0.1) is 0 Å². The molecule has 0 bridgehead atoms. The van der Waals surface area contributed by atoms with Gasteiger partial charge < -0.3 is 25.0 Å². The summed E-state index contributed by atoms with van der Waals surface area (Å²) in [6.07, 6.45) is 0.227. The van der Waals surface area contributed by atoms with Gasteiger partial charge >= 0.3 is 6.09 Å². The molecule has 0 aliphatic carbocycles. The van der Waals surface area contributed by atoms with Crippen LogP contribution in [0.25, 0.3) is 0 Å². The van der Waals surface area contributed by atoms with E-state index in [2.05, 4.69) is 65.7 Å². The number of anilines is 1. The summed E-state index contributed by atoms with van der Waals surface area (Å²) in [6, 6.07) is 13.4. The summed E-state index contributed by atoms with van der Waals surface area (Å²) in [7, 11) is -1.18. The van der Waals surface area contributed by atoms with Crippen molar-refractivity contribution in [3.63, 3.8) is 0 Å². The normalized spacial score (nSPS) is 16.3. The lowest BCUT2D eigenvalue weighted by Crippen LogP contribution is -2.43. The molecule has 1 atom stereocenters. The molecule has 1 saturated heterocycles. The van der Waals surface area contributed by atoms with Crippen molar-refractivity contribution < 1.29 is 14.3 Å². The van der Waals surface area contributed by atoms with Crippen LogP contribution in [-0.2, 0) is 10.3 Å². The van der Waals surface area contributed by atoms with Gasteiger partial charge in [-0.3, -0.25) is 0 Å². The van der Waals surface area contributed by atoms with Gasteiger partial charge in [-0.15, -0.1) is 11.3 Å². The summed E-state index contributed by atoms with van der Waals surface area (Å²) >= 11 is 1.66. The van der Waals surface area contributed by atoms with Crippen LogP contribution >= 0.6 is 11.3 Å². The van der Waals surface area contributed by atoms with Crippen LogP contribution < -0.4 is 20.3 Å². The third-order valence-corrected chi connectivity index (χ3v) is 8.51. The Morgan fingerprint density at radius 1 is 1.22 bits per heavy atom. The number of alkyl carbamates (subject to hydrolysis) is 1. The fourth-order valence-electron chi connectivity index (χ4n) is 3.66. The lowest BCUT2D eigenvalue weighted by atomic mass is 10.0. The first-order valence-corrected chi connectivity index (χ1v) is 16.0. The third-order valence-electron chi connectivity index (χ3n) is 5.64. The zero-order chi connectivity index (χ0) is 23.0. The average Bonchev–Trinajstić information content (AvgIpc) is 3.29. The smallest absolute Gasteiger partial charge is 0.407 e. The van der Waals surface area contributed by atoms with Gasteiger partial charge in [0.15, 0.2) is 0 Å². The molecule has 1 aliphatic heterocycles. The molecule has 8 heteroatoms. The maximum atomic E-state index is 12.1. The monoisotopic (exact) mass is 475 g/mol. The number of ether oxygens (including phenoxy) is 2. The number of hydrogen-bond donors (Lipinski definition) is 2. The van der Waals surface area contributed by atoms with Gasteiger partial charge in [-0.1, -0.05) is 31.8 Å². The molecule has 0 saturated carbocycles. The van der Waals surface area contributed by atoms with E-state index in [0.717, 1.165) is 42.8 Å². The standard InChI is InChI=1S/C24H37N3O3SSi/c1-24(22-9-6-17-31-22,10-16-29-23(28)26-13-18-32(2,3)4)30-21-8-5-7-20(19-21)27-14-11-25-12-15-27/h5-9,17,19,25H,10-16,18H2,1-4H3,(H,26,28). The maximum absolute atomic E-state index is 12.1. The lowest BCUT2D eigenvalue weighted by molar-refractivity contribution is 0.0512. The summed E-state index contributed by atoms with van der Waals surface area (Å²) < 4.78 is 12.0. The summed E-state index contributed by atoms with van der Waals surface area (Å²) in [4.78, 5) is 15.6. The van der Waals surface area contributed by atoms with Crippen LogP contribution in [0.1, 0.15) is 18.2 Å². The van der Waals surface area contributed by atoms with Gasteiger partial charge in [-0.05, 0) is 36.5 Å². The van der Waals surface area contributed by atoms with E-state index < -0.39 is 13.7 Å². The average molecular weight is 476 g/mol. The van der Waals surface area contributed by atoms with Crippen LogP contribution in [-0.4, -0.2) is 53.5 Å². The van der Waals surface area contributed by atoms with Crippen LogP contribution in [0.3, 0.4) is 0 Å². The molecule has 2 aromatic rings. The molecule has 32 heavy (non-hydrogen) atoms. The number of rotatable bonds is 10. The summed E-state index contributed by atoms with van der Waals surface area (Å²) in [6.45, 7) is 13.9. The van der Waals surface area contributed by atoms with Crippen LogP contribution in [0.4, 0.5) is 10.5 Å². The Labute approximate surface area is 197 Å². The number of benzene rings is 1. The summed E-state index contributed by atoms with van der Waals surface area (Å²) in [5.74, 6) is 0.830. The fourth-order valence-corrected chi connectivity index (χ4v) is 5.39. The molecule has 1 aromatic carbocycles. The first-order valence-electron chi connectivity index (χ1n) is 11.4. The van der Waals surface area contributed by atoms with Gasteiger partial charge in [-0.25, -0.2) is 4.79 Å². The van der Waals surface area contributed by atoms with Gasteiger partial charge in [0.1, 0.15) is 11.4 Å². The second-order valence-electron chi connectivity index (χ2n) is 9.67. The number of carbonyl (C=O) groups is 1. The lowest BCUT2D eigenvalue weighted by Gasteiger charge is -2.32. The summed E-state index contributed by atoms with van der Waals surface area (Å²) in [5, 5.41) is 8.32. The summed E-state index contributed by atoms with van der Waals surface area (Å²) in [5.41, 5.74) is 0.602. The van der Waals surface area contributed by atoms with Crippen molar-refractivity contribution in [2.45, 2.75) is 44.6 Å². The minimum Gasteiger partial charge on any atom is -0.482 e. The minimum absolute atomic E-state index is 0.296.